The van der Waals surface area contributed by atoms with Gasteiger partial charge in [-0.15, -0.1) is 0 Å². The number of aliphatic carboxylic acids is 1. The molecule has 0 aliphatic carbocycles. The Bertz CT molecular complexity index is 293. The van der Waals surface area contributed by atoms with Crippen LogP contribution < -0.4 is 5.32 Å². The van der Waals surface area contributed by atoms with Crippen LogP contribution in [-0.2, 0) is 4.79 Å². The molecule has 0 aromatic carbocycles. The number of carbonyl (C=O) groups excluding carboxylic acids is 1. The average molecular weight is 242 g/mol. The van der Waals surface area contributed by atoms with Crippen LogP contribution in [0.5, 0.6) is 0 Å². The van der Waals surface area contributed by atoms with E-state index in [1.165, 1.54) is 0 Å². The van der Waals surface area contributed by atoms with Crippen molar-refractivity contribution in [3.63, 3.8) is 0 Å². The minimum Gasteiger partial charge on any atom is -0.481 e. The van der Waals surface area contributed by atoms with Crippen molar-refractivity contribution < 1.29 is 14.7 Å². The van der Waals surface area contributed by atoms with E-state index in [0.717, 1.165) is 19.3 Å². The molecule has 1 unspecified atom stereocenters. The maximum absolute atomic E-state index is 11.8. The Balaban J connectivity index is 2.49. The molecule has 0 radical (unpaired) electrons. The zero-order chi connectivity index (χ0) is 12.9. The van der Waals surface area contributed by atoms with Crippen LogP contribution in [0.4, 0.5) is 4.79 Å². The molecule has 5 nitrogen and oxygen atoms in total. The van der Waals surface area contributed by atoms with Crippen molar-refractivity contribution in [1.82, 2.24) is 10.2 Å². The van der Waals surface area contributed by atoms with Crippen LogP contribution in [0.3, 0.4) is 0 Å². The average Bonchev–Trinajstić information content (AvgIpc) is 2.29. The molecule has 2 amide bonds. The second-order valence-electron chi connectivity index (χ2n) is 4.98. The number of unbranched alkanes of at least 4 members (excludes halogenated alkanes) is 1. The Morgan fingerprint density at radius 2 is 2.18 bits per heavy atom. The Kier molecular flexibility index (Phi) is 4.78. The largest absolute Gasteiger partial charge is 0.481 e. The molecular weight excluding hydrogens is 220 g/mol. The maximum atomic E-state index is 11.8. The molecular formula is C12H22N2O3. The number of urea groups is 1. The summed E-state index contributed by atoms with van der Waals surface area (Å²) in [5.41, 5.74) is -0.791. The smallest absolute Gasteiger partial charge is 0.317 e. The normalized spacial score (nSPS) is 24.5. The fraction of sp³-hybridized carbons (Fsp3) is 0.833. The van der Waals surface area contributed by atoms with Gasteiger partial charge in [0.25, 0.3) is 0 Å². The number of carbonyl (C=O) groups is 2. The number of likely N-dealkylation sites (tertiary alicyclic amines) is 1. The van der Waals surface area contributed by atoms with Gasteiger partial charge in [-0.05, 0) is 26.2 Å². The van der Waals surface area contributed by atoms with Crippen LogP contribution in [-0.4, -0.2) is 41.6 Å². The first-order valence-corrected chi connectivity index (χ1v) is 6.26. The van der Waals surface area contributed by atoms with E-state index in [9.17, 15) is 9.59 Å². The number of rotatable bonds is 4. The molecule has 2 N–H and O–H groups in total. The first-order valence-electron chi connectivity index (χ1n) is 6.26. The molecule has 0 spiro atoms. The van der Waals surface area contributed by atoms with Crippen molar-refractivity contribution in [3.05, 3.63) is 0 Å². The lowest BCUT2D eigenvalue weighted by atomic mass is 9.82. The molecule has 0 aromatic rings. The molecule has 1 saturated heterocycles. The van der Waals surface area contributed by atoms with Crippen LogP contribution >= 0.6 is 0 Å². The summed E-state index contributed by atoms with van der Waals surface area (Å²) in [7, 11) is 0. The molecule has 0 saturated carbocycles. The summed E-state index contributed by atoms with van der Waals surface area (Å²) < 4.78 is 0. The number of nitrogens with zero attached hydrogens (tertiary/aromatic N) is 1. The summed E-state index contributed by atoms with van der Waals surface area (Å²) >= 11 is 0. The Morgan fingerprint density at radius 1 is 1.47 bits per heavy atom. The molecule has 1 rings (SSSR count). The van der Waals surface area contributed by atoms with Crippen LogP contribution in [0.2, 0.25) is 0 Å². The number of carboxylic acids is 1. The minimum atomic E-state index is -0.816. The monoisotopic (exact) mass is 242 g/mol. The molecule has 5 heteroatoms. The van der Waals surface area contributed by atoms with E-state index in [-0.39, 0.29) is 6.03 Å². The fourth-order valence-electron chi connectivity index (χ4n) is 2.07. The van der Waals surface area contributed by atoms with Gasteiger partial charge in [0.15, 0.2) is 0 Å². The zero-order valence-corrected chi connectivity index (χ0v) is 10.7. The minimum absolute atomic E-state index is 0.134. The highest BCUT2D eigenvalue weighted by atomic mass is 16.4. The molecule has 98 valence electrons. The number of carboxylic acid groups (broad SMARTS) is 1. The summed E-state index contributed by atoms with van der Waals surface area (Å²) in [6.07, 6.45) is 3.38. The number of amides is 2. The lowest BCUT2D eigenvalue weighted by Crippen LogP contribution is -2.51. The molecule has 1 heterocycles. The van der Waals surface area contributed by atoms with Gasteiger partial charge in [0.05, 0.1) is 5.41 Å². The third kappa shape index (κ3) is 3.61. The van der Waals surface area contributed by atoms with Crippen molar-refractivity contribution in [2.45, 2.75) is 39.5 Å². The first-order chi connectivity index (χ1) is 7.99. The summed E-state index contributed by atoms with van der Waals surface area (Å²) in [5.74, 6) is -0.816. The number of piperidine rings is 1. The topological polar surface area (TPSA) is 69.6 Å². The Labute approximate surface area is 102 Å². The SMILES string of the molecule is CCCCNC(=O)N1CCCC(C)(C(=O)O)C1. The van der Waals surface area contributed by atoms with Gasteiger partial charge < -0.3 is 15.3 Å². The highest BCUT2D eigenvalue weighted by molar-refractivity contribution is 5.78. The van der Waals surface area contributed by atoms with Gasteiger partial charge in [0.1, 0.15) is 0 Å². The second-order valence-corrected chi connectivity index (χ2v) is 4.98. The lowest BCUT2D eigenvalue weighted by molar-refractivity contribution is -0.150. The van der Waals surface area contributed by atoms with E-state index in [4.69, 9.17) is 5.11 Å². The Morgan fingerprint density at radius 3 is 2.76 bits per heavy atom. The van der Waals surface area contributed by atoms with Crippen molar-refractivity contribution in [1.29, 1.82) is 0 Å². The molecule has 1 aliphatic heterocycles. The molecule has 1 fully saturated rings. The van der Waals surface area contributed by atoms with E-state index < -0.39 is 11.4 Å². The summed E-state index contributed by atoms with van der Waals surface area (Å²) in [5, 5.41) is 12.0. The molecule has 0 aromatic heterocycles. The Hall–Kier alpha value is -1.26. The van der Waals surface area contributed by atoms with Crippen LogP contribution in [0.15, 0.2) is 0 Å². The number of hydrogen-bond acceptors (Lipinski definition) is 2. The van der Waals surface area contributed by atoms with E-state index >= 15 is 0 Å². The van der Waals surface area contributed by atoms with Crippen molar-refractivity contribution in [2.24, 2.45) is 5.41 Å². The molecule has 1 atom stereocenters. The van der Waals surface area contributed by atoms with Crippen LogP contribution in [0.1, 0.15) is 39.5 Å². The van der Waals surface area contributed by atoms with Gasteiger partial charge in [-0.3, -0.25) is 4.79 Å². The maximum Gasteiger partial charge on any atom is 0.317 e. The van der Waals surface area contributed by atoms with E-state index in [1.54, 1.807) is 11.8 Å². The first kappa shape index (κ1) is 13.8. The predicted octanol–water partition coefficient (Wildman–Crippen LogP) is 1.68. The van der Waals surface area contributed by atoms with Crippen LogP contribution in [0.25, 0.3) is 0 Å². The van der Waals surface area contributed by atoms with Crippen molar-refractivity contribution >= 4 is 12.0 Å². The summed E-state index contributed by atoms with van der Waals surface area (Å²) in [6, 6.07) is -0.134. The number of hydrogen-bond donors (Lipinski definition) is 2. The van der Waals surface area contributed by atoms with Gasteiger partial charge in [0.2, 0.25) is 0 Å². The molecule has 1 aliphatic rings. The van der Waals surface area contributed by atoms with Crippen molar-refractivity contribution in [2.75, 3.05) is 19.6 Å². The fourth-order valence-corrected chi connectivity index (χ4v) is 2.07. The lowest BCUT2D eigenvalue weighted by Gasteiger charge is -2.37. The highest BCUT2D eigenvalue weighted by Crippen LogP contribution is 2.29. The summed E-state index contributed by atoms with van der Waals surface area (Å²) in [4.78, 5) is 24.6. The van der Waals surface area contributed by atoms with E-state index in [2.05, 4.69) is 12.2 Å². The third-order valence-electron chi connectivity index (χ3n) is 3.31. The van der Waals surface area contributed by atoms with Gasteiger partial charge in [0, 0.05) is 19.6 Å². The van der Waals surface area contributed by atoms with E-state index in [0.29, 0.717) is 26.1 Å². The van der Waals surface area contributed by atoms with Gasteiger partial charge in [-0.1, -0.05) is 13.3 Å². The van der Waals surface area contributed by atoms with Gasteiger partial charge in [-0.2, -0.15) is 0 Å². The zero-order valence-electron chi connectivity index (χ0n) is 10.7. The van der Waals surface area contributed by atoms with Crippen molar-refractivity contribution in [3.8, 4) is 0 Å². The molecule has 0 bridgehead atoms. The summed E-state index contributed by atoms with van der Waals surface area (Å²) in [6.45, 7) is 5.39. The number of nitrogens with one attached hydrogen (secondary N) is 1. The standard InChI is InChI=1S/C12H22N2O3/c1-3-4-7-13-11(17)14-8-5-6-12(2,9-14)10(15)16/h3-9H2,1-2H3,(H,13,17)(H,15,16). The van der Waals surface area contributed by atoms with Gasteiger partial charge in [-0.25, -0.2) is 4.79 Å². The predicted molar refractivity (Wildman–Crippen MR) is 64.9 cm³/mol. The van der Waals surface area contributed by atoms with E-state index in [1.807, 2.05) is 0 Å². The van der Waals surface area contributed by atoms with Gasteiger partial charge >= 0.3 is 12.0 Å². The quantitative estimate of drug-likeness (QED) is 0.737. The molecule has 17 heavy (non-hydrogen) atoms. The third-order valence-corrected chi connectivity index (χ3v) is 3.31. The highest BCUT2D eigenvalue weighted by Gasteiger charge is 2.39. The second kappa shape index (κ2) is 5.89. The van der Waals surface area contributed by atoms with Crippen LogP contribution in [0, 0.1) is 5.41 Å².